The molecule has 0 bridgehead atoms. The van der Waals surface area contributed by atoms with Gasteiger partial charge in [-0.15, -0.1) is 0 Å². The molecule has 84 valence electrons. The molecule has 0 aromatic heterocycles. The highest BCUT2D eigenvalue weighted by Gasteiger charge is 2.52. The van der Waals surface area contributed by atoms with Crippen molar-refractivity contribution < 1.29 is 19.6 Å². The Kier molecular flexibility index (Phi) is 3.89. The molecule has 1 aliphatic heterocycles. The summed E-state index contributed by atoms with van der Waals surface area (Å²) in [5.74, 6) is -0.914. The van der Waals surface area contributed by atoms with E-state index in [4.69, 9.17) is 19.6 Å². The minimum Gasteiger partial charge on any atom is -0.225 e. The van der Waals surface area contributed by atoms with Gasteiger partial charge >= 0.3 is 5.97 Å². The molecule has 0 aromatic carbocycles. The molecular weight excluding hydrogens is 184 g/mol. The van der Waals surface area contributed by atoms with Gasteiger partial charge in [-0.3, -0.25) is 0 Å². The van der Waals surface area contributed by atoms with Crippen molar-refractivity contribution in [2.24, 2.45) is 0 Å². The Morgan fingerprint density at radius 3 is 2.21 bits per heavy atom. The van der Waals surface area contributed by atoms with Crippen molar-refractivity contribution >= 4 is 0 Å². The molecule has 0 saturated carbocycles. The van der Waals surface area contributed by atoms with E-state index in [0.717, 1.165) is 25.7 Å². The van der Waals surface area contributed by atoms with Gasteiger partial charge in [0.25, 0.3) is 0 Å². The molecule has 1 rings (SSSR count). The maximum Gasteiger partial charge on any atom is 0.366 e. The monoisotopic (exact) mass is 204 g/mol. The average Bonchev–Trinajstić information content (AvgIpc) is 2.82. The lowest BCUT2D eigenvalue weighted by molar-refractivity contribution is -0.409. The van der Waals surface area contributed by atoms with Crippen molar-refractivity contribution in [1.29, 1.82) is 0 Å². The van der Waals surface area contributed by atoms with Crippen LogP contribution < -0.4 is 0 Å². The Bertz CT molecular complexity index is 169. The quantitative estimate of drug-likeness (QED) is 0.289. The van der Waals surface area contributed by atoms with Gasteiger partial charge in [0.15, 0.2) is 0 Å². The summed E-state index contributed by atoms with van der Waals surface area (Å²) in [7, 11) is 0. The summed E-state index contributed by atoms with van der Waals surface area (Å²) in [5.41, 5.74) is -0.340. The standard InChI is InChI=1S/C10H20O4/c1-5-6-7-8-10(13-14-10)12-11-9(2,3)4/h5-8H2,1-4H3. The summed E-state index contributed by atoms with van der Waals surface area (Å²) in [6, 6.07) is 0. The highest BCUT2D eigenvalue weighted by Crippen LogP contribution is 2.37. The Balaban J connectivity index is 2.16. The first-order valence-electron chi connectivity index (χ1n) is 5.21. The smallest absolute Gasteiger partial charge is 0.225 e. The molecule has 0 atom stereocenters. The Hall–Kier alpha value is -0.160. The van der Waals surface area contributed by atoms with Crippen molar-refractivity contribution in [3.63, 3.8) is 0 Å². The van der Waals surface area contributed by atoms with Gasteiger partial charge < -0.3 is 0 Å². The molecule has 0 unspecified atom stereocenters. The van der Waals surface area contributed by atoms with E-state index >= 15 is 0 Å². The number of hydrogen-bond donors (Lipinski definition) is 0. The third-order valence-corrected chi connectivity index (χ3v) is 1.77. The van der Waals surface area contributed by atoms with Gasteiger partial charge in [-0.2, -0.15) is 14.7 Å². The first kappa shape index (κ1) is 11.9. The fourth-order valence-electron chi connectivity index (χ4n) is 0.979. The molecule has 0 aliphatic carbocycles. The van der Waals surface area contributed by atoms with E-state index in [0.29, 0.717) is 0 Å². The van der Waals surface area contributed by atoms with Crippen LogP contribution in [0.1, 0.15) is 53.4 Å². The van der Waals surface area contributed by atoms with Gasteiger partial charge in [0.1, 0.15) is 0 Å². The molecule has 0 radical (unpaired) electrons. The first-order chi connectivity index (χ1) is 6.47. The van der Waals surface area contributed by atoms with E-state index in [-0.39, 0.29) is 5.60 Å². The minimum absolute atomic E-state index is 0.340. The Morgan fingerprint density at radius 1 is 1.14 bits per heavy atom. The molecule has 4 nitrogen and oxygen atoms in total. The summed E-state index contributed by atoms with van der Waals surface area (Å²) in [6.07, 6.45) is 4.05. The van der Waals surface area contributed by atoms with Gasteiger partial charge in [0.05, 0.1) is 5.60 Å². The Morgan fingerprint density at radius 2 is 1.79 bits per heavy atom. The molecule has 1 saturated heterocycles. The molecule has 4 heteroatoms. The number of rotatable bonds is 6. The second-order valence-corrected chi connectivity index (χ2v) is 4.59. The van der Waals surface area contributed by atoms with Gasteiger partial charge in [-0.05, 0) is 27.2 Å². The molecule has 14 heavy (non-hydrogen) atoms. The van der Waals surface area contributed by atoms with Crippen LogP contribution in [0.25, 0.3) is 0 Å². The first-order valence-corrected chi connectivity index (χ1v) is 5.21. The number of hydrogen-bond acceptors (Lipinski definition) is 4. The number of unbranched alkanes of at least 4 members (excludes halogenated alkanes) is 2. The van der Waals surface area contributed by atoms with E-state index in [9.17, 15) is 0 Å². The van der Waals surface area contributed by atoms with Crippen LogP contribution in [-0.2, 0) is 19.6 Å². The minimum atomic E-state index is -0.914. The van der Waals surface area contributed by atoms with Crippen molar-refractivity contribution in [2.45, 2.75) is 65.0 Å². The third kappa shape index (κ3) is 4.37. The van der Waals surface area contributed by atoms with Crippen LogP contribution >= 0.6 is 0 Å². The second kappa shape index (κ2) is 4.57. The van der Waals surface area contributed by atoms with Gasteiger partial charge in [-0.25, -0.2) is 4.89 Å². The molecule has 0 N–H and O–H groups in total. The van der Waals surface area contributed by atoms with Crippen molar-refractivity contribution in [1.82, 2.24) is 0 Å². The van der Waals surface area contributed by atoms with Crippen molar-refractivity contribution in [3.05, 3.63) is 0 Å². The van der Waals surface area contributed by atoms with Crippen LogP contribution in [0, 0.1) is 0 Å². The lowest BCUT2D eigenvalue weighted by Crippen LogP contribution is -2.26. The van der Waals surface area contributed by atoms with Crippen LogP contribution in [0.15, 0.2) is 0 Å². The topological polar surface area (TPSA) is 43.5 Å². The molecule has 1 heterocycles. The van der Waals surface area contributed by atoms with Crippen LogP contribution in [0.3, 0.4) is 0 Å². The summed E-state index contributed by atoms with van der Waals surface area (Å²) in [6.45, 7) is 7.88. The summed E-state index contributed by atoms with van der Waals surface area (Å²) < 4.78 is 0. The molecule has 0 aromatic rings. The van der Waals surface area contributed by atoms with Crippen LogP contribution in [0.2, 0.25) is 0 Å². The lowest BCUT2D eigenvalue weighted by Gasteiger charge is -2.18. The lowest BCUT2D eigenvalue weighted by atomic mass is 10.2. The molecule has 1 fully saturated rings. The maximum atomic E-state index is 5.14. The van der Waals surface area contributed by atoms with Crippen LogP contribution in [0.4, 0.5) is 0 Å². The molecule has 0 spiro atoms. The van der Waals surface area contributed by atoms with Crippen LogP contribution in [-0.4, -0.2) is 11.6 Å². The highest BCUT2D eigenvalue weighted by atomic mass is 17.5. The fourth-order valence-corrected chi connectivity index (χ4v) is 0.979. The van der Waals surface area contributed by atoms with Crippen molar-refractivity contribution in [3.8, 4) is 0 Å². The van der Waals surface area contributed by atoms with E-state index in [1.54, 1.807) is 0 Å². The third-order valence-electron chi connectivity index (χ3n) is 1.77. The van der Waals surface area contributed by atoms with Crippen molar-refractivity contribution in [2.75, 3.05) is 0 Å². The predicted octanol–water partition coefficient (Wildman–Crippen LogP) is 2.93. The van der Waals surface area contributed by atoms with Gasteiger partial charge in [-0.1, -0.05) is 19.8 Å². The molecule has 1 aliphatic rings. The highest BCUT2D eigenvalue weighted by molar-refractivity contribution is 4.61. The average molecular weight is 204 g/mol. The Labute approximate surface area is 85.3 Å². The zero-order valence-electron chi connectivity index (χ0n) is 9.46. The summed E-state index contributed by atoms with van der Waals surface area (Å²) in [4.78, 5) is 19.8. The predicted molar refractivity (Wildman–Crippen MR) is 51.0 cm³/mol. The van der Waals surface area contributed by atoms with E-state index in [1.165, 1.54) is 0 Å². The normalized spacial score (nSPS) is 19.7. The molecular formula is C10H20O4. The van der Waals surface area contributed by atoms with Gasteiger partial charge in [0, 0.05) is 6.42 Å². The largest absolute Gasteiger partial charge is 0.366 e. The maximum absolute atomic E-state index is 5.14. The fraction of sp³-hybridized carbons (Fsp3) is 1.00. The zero-order valence-corrected chi connectivity index (χ0v) is 9.46. The van der Waals surface area contributed by atoms with Crippen LogP contribution in [0.5, 0.6) is 0 Å². The van der Waals surface area contributed by atoms with E-state index in [1.807, 2.05) is 20.8 Å². The SMILES string of the molecule is CCCCCC1(OOC(C)(C)C)OO1. The van der Waals surface area contributed by atoms with E-state index < -0.39 is 5.97 Å². The summed E-state index contributed by atoms with van der Waals surface area (Å²) in [5, 5.41) is 0. The zero-order chi connectivity index (χ0) is 10.7. The second-order valence-electron chi connectivity index (χ2n) is 4.59. The van der Waals surface area contributed by atoms with Gasteiger partial charge in [0.2, 0.25) is 0 Å². The summed E-state index contributed by atoms with van der Waals surface area (Å²) >= 11 is 0. The van der Waals surface area contributed by atoms with E-state index in [2.05, 4.69) is 6.92 Å². The molecule has 0 amide bonds.